The molecule has 1 unspecified atom stereocenters. The van der Waals surface area contributed by atoms with Gasteiger partial charge in [-0.3, -0.25) is 0 Å². The van der Waals surface area contributed by atoms with Gasteiger partial charge >= 0.3 is 0 Å². The minimum Gasteiger partial charge on any atom is -0.485 e. The average Bonchev–Trinajstić information content (AvgIpc) is 3.28. The van der Waals surface area contributed by atoms with Gasteiger partial charge in [-0.15, -0.1) is 10.2 Å². The van der Waals surface area contributed by atoms with Crippen molar-refractivity contribution in [3.8, 4) is 23.0 Å². The van der Waals surface area contributed by atoms with Gasteiger partial charge in [-0.2, -0.15) is 0 Å². The van der Waals surface area contributed by atoms with Gasteiger partial charge in [-0.05, 0) is 31.0 Å². The summed E-state index contributed by atoms with van der Waals surface area (Å²) in [6.45, 7) is 0.313. The molecule has 0 radical (unpaired) electrons. The van der Waals surface area contributed by atoms with Gasteiger partial charge in [0.05, 0.1) is 16.6 Å². The Bertz CT molecular complexity index is 1150. The Balaban J connectivity index is 1.32. The normalized spacial score (nSPS) is 18.7. The van der Waals surface area contributed by atoms with Crippen LogP contribution >= 0.6 is 0 Å². The van der Waals surface area contributed by atoms with Crippen LogP contribution in [0.25, 0.3) is 22.6 Å². The summed E-state index contributed by atoms with van der Waals surface area (Å²) in [5.41, 5.74) is 2.21. The fourth-order valence-electron chi connectivity index (χ4n) is 3.24. The summed E-state index contributed by atoms with van der Waals surface area (Å²) in [6.07, 6.45) is 3.47. The van der Waals surface area contributed by atoms with E-state index in [9.17, 15) is 0 Å². The van der Waals surface area contributed by atoms with E-state index in [0.717, 1.165) is 29.5 Å². The first-order chi connectivity index (χ1) is 13.3. The van der Waals surface area contributed by atoms with Crippen molar-refractivity contribution in [2.45, 2.75) is 24.9 Å². The lowest BCUT2D eigenvalue weighted by Gasteiger charge is -2.23. The second kappa shape index (κ2) is 5.54. The summed E-state index contributed by atoms with van der Waals surface area (Å²) in [5, 5.41) is 13.3. The zero-order chi connectivity index (χ0) is 17.8. The van der Waals surface area contributed by atoms with Crippen molar-refractivity contribution in [3.63, 3.8) is 0 Å². The molecule has 4 heterocycles. The molecule has 0 bridgehead atoms. The molecular weight excluding hydrogens is 348 g/mol. The number of hydrogen-bond donors (Lipinski definition) is 0. The monoisotopic (exact) mass is 362 g/mol. The zero-order valence-corrected chi connectivity index (χ0v) is 14.2. The molecule has 1 aliphatic carbocycles. The topological polar surface area (TPSA) is 96.3 Å². The second-order valence-corrected chi connectivity index (χ2v) is 6.73. The van der Waals surface area contributed by atoms with Crippen molar-refractivity contribution in [2.24, 2.45) is 0 Å². The maximum Gasteiger partial charge on any atom is 0.260 e. The van der Waals surface area contributed by atoms with Gasteiger partial charge in [0.1, 0.15) is 6.61 Å². The molecule has 1 aliphatic heterocycles. The lowest BCUT2D eigenvalue weighted by atomic mass is 10.1. The highest BCUT2D eigenvalue weighted by molar-refractivity contribution is 5.81. The van der Waals surface area contributed by atoms with Gasteiger partial charge in [0.2, 0.25) is 12.0 Å². The molecule has 1 aromatic carbocycles. The first kappa shape index (κ1) is 14.7. The average molecular weight is 362 g/mol. The molecular formula is C19H14N4O4. The van der Waals surface area contributed by atoms with Gasteiger partial charge < -0.3 is 18.4 Å². The lowest BCUT2D eigenvalue weighted by molar-refractivity contribution is 0.0716. The van der Waals surface area contributed by atoms with E-state index < -0.39 is 6.10 Å². The molecule has 6 rings (SSSR count). The fraction of sp³-hybridized carbons (Fsp3) is 0.263. The van der Waals surface area contributed by atoms with Crippen molar-refractivity contribution < 1.29 is 18.4 Å². The Hall–Kier alpha value is -3.42. The van der Waals surface area contributed by atoms with Crippen molar-refractivity contribution in [2.75, 3.05) is 6.61 Å². The quantitative estimate of drug-likeness (QED) is 0.545. The molecule has 8 heteroatoms. The van der Waals surface area contributed by atoms with Gasteiger partial charge in [-0.25, -0.2) is 4.98 Å². The first-order valence-electron chi connectivity index (χ1n) is 8.83. The number of aromatic nitrogens is 4. The third-order valence-electron chi connectivity index (χ3n) is 4.79. The predicted molar refractivity (Wildman–Crippen MR) is 92.4 cm³/mol. The number of fused-ring (bicyclic) bond motifs is 2. The molecule has 0 spiro atoms. The predicted octanol–water partition coefficient (Wildman–Crippen LogP) is 3.66. The molecule has 0 amide bonds. The fourth-order valence-corrected chi connectivity index (χ4v) is 3.24. The molecule has 0 saturated heterocycles. The summed E-state index contributed by atoms with van der Waals surface area (Å²) in [4.78, 5) is 4.33. The van der Waals surface area contributed by atoms with Crippen LogP contribution in [0.5, 0.6) is 11.5 Å². The highest BCUT2D eigenvalue weighted by Crippen LogP contribution is 2.42. The standard InChI is InChI=1S/C19H14N4O4/c1-2-4-14-13(3-1)24-9-15(25-14)19-22-21-17(26-19)11-7-12-16(10-5-6-10)23-27-18(12)20-8-11/h1-4,7-8,10,15H,5-6,9H2. The van der Waals surface area contributed by atoms with Gasteiger partial charge in [0.25, 0.3) is 11.6 Å². The van der Waals surface area contributed by atoms with E-state index in [1.807, 2.05) is 30.3 Å². The van der Waals surface area contributed by atoms with Crippen LogP contribution in [0.1, 0.15) is 36.4 Å². The molecule has 2 aliphatic rings. The molecule has 27 heavy (non-hydrogen) atoms. The number of hydrogen-bond acceptors (Lipinski definition) is 8. The Kier molecular flexibility index (Phi) is 3.02. The number of nitrogens with zero attached hydrogens (tertiary/aromatic N) is 4. The summed E-state index contributed by atoms with van der Waals surface area (Å²) < 4.78 is 22.8. The molecule has 1 fully saturated rings. The molecule has 4 aromatic rings. The van der Waals surface area contributed by atoms with Crippen molar-refractivity contribution >= 4 is 11.1 Å². The highest BCUT2D eigenvalue weighted by atomic mass is 16.6. The number of para-hydroxylation sites is 2. The molecule has 1 saturated carbocycles. The number of benzene rings is 1. The number of ether oxygens (including phenoxy) is 2. The van der Waals surface area contributed by atoms with Crippen LogP contribution in [0.15, 0.2) is 45.5 Å². The van der Waals surface area contributed by atoms with Crippen LogP contribution in [0.2, 0.25) is 0 Å². The van der Waals surface area contributed by atoms with Crippen molar-refractivity contribution in [1.82, 2.24) is 20.3 Å². The Morgan fingerprint density at radius 1 is 1.04 bits per heavy atom. The zero-order valence-electron chi connectivity index (χ0n) is 14.2. The second-order valence-electron chi connectivity index (χ2n) is 6.73. The highest BCUT2D eigenvalue weighted by Gasteiger charge is 2.30. The summed E-state index contributed by atoms with van der Waals surface area (Å²) in [7, 11) is 0. The molecule has 8 nitrogen and oxygen atoms in total. The SMILES string of the molecule is c1ccc2c(c1)OCC(c1nnc(-c3cnc4onc(C5CC5)c4c3)o1)O2. The smallest absolute Gasteiger partial charge is 0.260 e. The van der Waals surface area contributed by atoms with Crippen LogP contribution in [0.3, 0.4) is 0 Å². The maximum atomic E-state index is 5.92. The van der Waals surface area contributed by atoms with Gasteiger partial charge in [0, 0.05) is 12.1 Å². The van der Waals surface area contributed by atoms with E-state index in [-0.39, 0.29) is 0 Å². The lowest BCUT2D eigenvalue weighted by Crippen LogP contribution is -2.21. The van der Waals surface area contributed by atoms with Gasteiger partial charge in [-0.1, -0.05) is 17.3 Å². The minimum atomic E-state index is -0.449. The Labute approximate surface area is 153 Å². The van der Waals surface area contributed by atoms with Crippen molar-refractivity contribution in [3.05, 3.63) is 48.1 Å². The van der Waals surface area contributed by atoms with E-state index >= 15 is 0 Å². The summed E-state index contributed by atoms with van der Waals surface area (Å²) in [5.74, 6) is 2.59. The number of rotatable bonds is 3. The maximum absolute atomic E-state index is 5.92. The molecule has 134 valence electrons. The third-order valence-corrected chi connectivity index (χ3v) is 4.79. The van der Waals surface area contributed by atoms with E-state index in [4.69, 9.17) is 18.4 Å². The van der Waals surface area contributed by atoms with Gasteiger partial charge in [0.15, 0.2) is 11.5 Å². The number of pyridine rings is 1. The van der Waals surface area contributed by atoms with E-state index in [0.29, 0.717) is 41.5 Å². The van der Waals surface area contributed by atoms with Crippen molar-refractivity contribution in [1.29, 1.82) is 0 Å². The van der Waals surface area contributed by atoms with Crippen LogP contribution < -0.4 is 9.47 Å². The molecule has 0 N–H and O–H groups in total. The summed E-state index contributed by atoms with van der Waals surface area (Å²) >= 11 is 0. The van der Waals surface area contributed by atoms with E-state index in [1.54, 1.807) is 6.20 Å². The minimum absolute atomic E-state index is 0.313. The van der Waals surface area contributed by atoms with E-state index in [2.05, 4.69) is 20.3 Å². The van der Waals surface area contributed by atoms with Crippen LogP contribution in [0, 0.1) is 0 Å². The molecule has 3 aromatic heterocycles. The summed E-state index contributed by atoms with van der Waals surface area (Å²) in [6, 6.07) is 9.44. The van der Waals surface area contributed by atoms with Crippen LogP contribution in [0.4, 0.5) is 0 Å². The van der Waals surface area contributed by atoms with Crippen LogP contribution in [-0.4, -0.2) is 26.9 Å². The first-order valence-corrected chi connectivity index (χ1v) is 8.83. The van der Waals surface area contributed by atoms with E-state index in [1.165, 1.54) is 0 Å². The Morgan fingerprint density at radius 3 is 2.81 bits per heavy atom. The Morgan fingerprint density at radius 2 is 1.93 bits per heavy atom. The van der Waals surface area contributed by atoms with Crippen LogP contribution in [-0.2, 0) is 0 Å². The molecule has 1 atom stereocenters. The third kappa shape index (κ3) is 2.44. The largest absolute Gasteiger partial charge is 0.485 e.